The minimum atomic E-state index is -0.0905. The van der Waals surface area contributed by atoms with E-state index in [0.717, 1.165) is 23.4 Å². The van der Waals surface area contributed by atoms with Crippen LogP contribution in [0.2, 0.25) is 0 Å². The molecular weight excluding hydrogens is 316 g/mol. The van der Waals surface area contributed by atoms with Gasteiger partial charge in [0.1, 0.15) is 0 Å². The van der Waals surface area contributed by atoms with Crippen LogP contribution in [0.15, 0.2) is 30.3 Å². The van der Waals surface area contributed by atoms with Crippen molar-refractivity contribution < 1.29 is 9.59 Å². The molecule has 1 unspecified atom stereocenters. The normalized spacial score (nSPS) is 20.1. The standard InChI is InChI=1S/C19H22N4O2/c1-12-2-9-19(25)23(12)15-7-3-13(4-8-15)10-18(24)20-17-11-16(21-22-17)14-5-6-14/h3-4,7-8,11-12,14H,2,5-6,9-10H2,1H3,(H2,20,21,22,24). The van der Waals surface area contributed by atoms with Crippen molar-refractivity contribution in [2.24, 2.45) is 0 Å². The lowest BCUT2D eigenvalue weighted by Gasteiger charge is -2.21. The molecule has 1 aromatic carbocycles. The SMILES string of the molecule is CC1CCC(=O)N1c1ccc(CC(=O)Nc2cc(C3CC3)[nH]n2)cc1. The number of aromatic amines is 1. The molecule has 2 heterocycles. The molecule has 1 aliphatic heterocycles. The molecule has 1 atom stereocenters. The average molecular weight is 338 g/mol. The first-order valence-electron chi connectivity index (χ1n) is 8.86. The van der Waals surface area contributed by atoms with Crippen molar-refractivity contribution >= 4 is 23.3 Å². The molecule has 1 saturated carbocycles. The van der Waals surface area contributed by atoms with Crippen LogP contribution in [0, 0.1) is 0 Å². The second-order valence-electron chi connectivity index (χ2n) is 7.03. The molecule has 130 valence electrons. The van der Waals surface area contributed by atoms with Crippen LogP contribution in [0.5, 0.6) is 0 Å². The van der Waals surface area contributed by atoms with E-state index in [4.69, 9.17) is 0 Å². The van der Waals surface area contributed by atoms with Crippen LogP contribution in [0.4, 0.5) is 11.5 Å². The molecule has 2 amide bonds. The first-order chi connectivity index (χ1) is 12.1. The Kier molecular flexibility index (Phi) is 4.03. The molecule has 6 nitrogen and oxygen atoms in total. The lowest BCUT2D eigenvalue weighted by molar-refractivity contribution is -0.117. The zero-order chi connectivity index (χ0) is 17.4. The topological polar surface area (TPSA) is 78.1 Å². The molecule has 4 rings (SSSR count). The second-order valence-corrected chi connectivity index (χ2v) is 7.03. The van der Waals surface area contributed by atoms with Gasteiger partial charge in [0, 0.05) is 35.8 Å². The summed E-state index contributed by atoms with van der Waals surface area (Å²) in [5.41, 5.74) is 2.92. The molecule has 25 heavy (non-hydrogen) atoms. The first-order valence-corrected chi connectivity index (χ1v) is 8.86. The van der Waals surface area contributed by atoms with Crippen molar-refractivity contribution in [3.05, 3.63) is 41.6 Å². The predicted molar refractivity (Wildman–Crippen MR) is 95.5 cm³/mol. The van der Waals surface area contributed by atoms with Gasteiger partial charge in [-0.25, -0.2) is 0 Å². The van der Waals surface area contributed by atoms with E-state index in [1.54, 1.807) is 0 Å². The van der Waals surface area contributed by atoms with Crippen LogP contribution in [0.25, 0.3) is 0 Å². The van der Waals surface area contributed by atoms with E-state index in [1.165, 1.54) is 12.8 Å². The number of hydrogen-bond donors (Lipinski definition) is 2. The van der Waals surface area contributed by atoms with Gasteiger partial charge in [-0.1, -0.05) is 12.1 Å². The maximum absolute atomic E-state index is 12.2. The van der Waals surface area contributed by atoms with Crippen molar-refractivity contribution in [1.29, 1.82) is 0 Å². The highest BCUT2D eigenvalue weighted by Gasteiger charge is 2.28. The van der Waals surface area contributed by atoms with Crippen molar-refractivity contribution in [3.8, 4) is 0 Å². The molecule has 0 spiro atoms. The van der Waals surface area contributed by atoms with E-state index in [-0.39, 0.29) is 24.3 Å². The third-order valence-electron chi connectivity index (χ3n) is 4.95. The van der Waals surface area contributed by atoms with Gasteiger partial charge in [0.05, 0.1) is 6.42 Å². The number of benzene rings is 1. The van der Waals surface area contributed by atoms with E-state index < -0.39 is 0 Å². The van der Waals surface area contributed by atoms with Crippen molar-refractivity contribution in [3.63, 3.8) is 0 Å². The van der Waals surface area contributed by atoms with Gasteiger partial charge in [0.2, 0.25) is 11.8 Å². The summed E-state index contributed by atoms with van der Waals surface area (Å²) in [5, 5.41) is 9.95. The summed E-state index contributed by atoms with van der Waals surface area (Å²) in [6.45, 7) is 2.06. The Morgan fingerprint density at radius 2 is 2.04 bits per heavy atom. The number of hydrogen-bond acceptors (Lipinski definition) is 3. The number of H-pyrrole nitrogens is 1. The Balaban J connectivity index is 1.37. The summed E-state index contributed by atoms with van der Waals surface area (Å²) in [4.78, 5) is 26.0. The molecule has 6 heteroatoms. The van der Waals surface area contributed by atoms with E-state index in [1.807, 2.05) is 35.2 Å². The van der Waals surface area contributed by atoms with Crippen LogP contribution in [0.1, 0.15) is 49.8 Å². The van der Waals surface area contributed by atoms with E-state index in [2.05, 4.69) is 22.4 Å². The molecule has 2 aromatic rings. The minimum Gasteiger partial charge on any atom is -0.310 e. The summed E-state index contributed by atoms with van der Waals surface area (Å²) < 4.78 is 0. The third-order valence-corrected chi connectivity index (χ3v) is 4.95. The average Bonchev–Trinajstić information content (AvgIpc) is 3.25. The van der Waals surface area contributed by atoms with Gasteiger partial charge >= 0.3 is 0 Å². The molecule has 1 aliphatic carbocycles. The Bertz CT molecular complexity index is 792. The maximum atomic E-state index is 12.2. The van der Waals surface area contributed by atoms with Gasteiger partial charge in [-0.3, -0.25) is 14.7 Å². The minimum absolute atomic E-state index is 0.0905. The molecule has 2 N–H and O–H groups in total. The molecular formula is C19H22N4O2. The molecule has 0 radical (unpaired) electrons. The Morgan fingerprint density at radius 3 is 2.68 bits per heavy atom. The van der Waals surface area contributed by atoms with Gasteiger partial charge in [-0.2, -0.15) is 5.10 Å². The van der Waals surface area contributed by atoms with Crippen molar-refractivity contribution in [2.45, 2.75) is 51.0 Å². The first kappa shape index (κ1) is 15.9. The van der Waals surface area contributed by atoms with Crippen LogP contribution in [-0.2, 0) is 16.0 Å². The molecule has 1 saturated heterocycles. The molecule has 2 fully saturated rings. The van der Waals surface area contributed by atoms with Crippen LogP contribution >= 0.6 is 0 Å². The highest BCUT2D eigenvalue weighted by molar-refractivity contribution is 5.96. The lowest BCUT2D eigenvalue weighted by Crippen LogP contribution is -2.30. The Morgan fingerprint density at radius 1 is 1.28 bits per heavy atom. The van der Waals surface area contributed by atoms with Crippen LogP contribution in [0.3, 0.4) is 0 Å². The smallest absolute Gasteiger partial charge is 0.229 e. The quantitative estimate of drug-likeness (QED) is 0.880. The fraction of sp³-hybridized carbons (Fsp3) is 0.421. The number of amides is 2. The number of aromatic nitrogens is 2. The third kappa shape index (κ3) is 3.43. The number of rotatable bonds is 5. The van der Waals surface area contributed by atoms with E-state index >= 15 is 0 Å². The monoisotopic (exact) mass is 338 g/mol. The fourth-order valence-corrected chi connectivity index (χ4v) is 3.38. The van der Waals surface area contributed by atoms with Gasteiger partial charge in [-0.15, -0.1) is 0 Å². The zero-order valence-electron chi connectivity index (χ0n) is 14.3. The summed E-state index contributed by atoms with van der Waals surface area (Å²) in [6.07, 6.45) is 4.18. The van der Waals surface area contributed by atoms with Gasteiger partial charge in [0.15, 0.2) is 5.82 Å². The van der Waals surface area contributed by atoms with Gasteiger partial charge < -0.3 is 10.2 Å². The van der Waals surface area contributed by atoms with Crippen LogP contribution in [-0.4, -0.2) is 28.1 Å². The van der Waals surface area contributed by atoms with E-state index in [0.29, 0.717) is 18.2 Å². The predicted octanol–water partition coefficient (Wildman–Crippen LogP) is 2.98. The number of anilines is 2. The van der Waals surface area contributed by atoms with Crippen molar-refractivity contribution in [1.82, 2.24) is 10.2 Å². The van der Waals surface area contributed by atoms with Crippen molar-refractivity contribution in [2.75, 3.05) is 10.2 Å². The molecule has 2 aliphatic rings. The molecule has 0 bridgehead atoms. The summed E-state index contributed by atoms with van der Waals surface area (Å²) in [5.74, 6) is 1.25. The number of nitrogens with zero attached hydrogens (tertiary/aromatic N) is 2. The van der Waals surface area contributed by atoms with Gasteiger partial charge in [-0.05, 0) is 43.9 Å². The lowest BCUT2D eigenvalue weighted by atomic mass is 10.1. The largest absolute Gasteiger partial charge is 0.310 e. The van der Waals surface area contributed by atoms with Gasteiger partial charge in [0.25, 0.3) is 0 Å². The molecule has 1 aromatic heterocycles. The fourth-order valence-electron chi connectivity index (χ4n) is 3.38. The maximum Gasteiger partial charge on any atom is 0.229 e. The number of nitrogens with one attached hydrogen (secondary N) is 2. The zero-order valence-corrected chi connectivity index (χ0v) is 14.3. The number of carbonyl (C=O) groups excluding carboxylic acids is 2. The second kappa shape index (κ2) is 6.35. The Hall–Kier alpha value is -2.63. The van der Waals surface area contributed by atoms with E-state index in [9.17, 15) is 9.59 Å². The summed E-state index contributed by atoms with van der Waals surface area (Å²) in [6, 6.07) is 9.81. The number of carbonyl (C=O) groups is 2. The van der Waals surface area contributed by atoms with Crippen LogP contribution < -0.4 is 10.2 Å². The summed E-state index contributed by atoms with van der Waals surface area (Å²) in [7, 11) is 0. The summed E-state index contributed by atoms with van der Waals surface area (Å²) >= 11 is 0. The Labute approximate surface area is 146 Å². The highest BCUT2D eigenvalue weighted by atomic mass is 16.2. The highest BCUT2D eigenvalue weighted by Crippen LogP contribution is 2.39.